The Morgan fingerprint density at radius 1 is 1.29 bits per heavy atom. The molecule has 0 aromatic carbocycles. The first-order valence-corrected chi connectivity index (χ1v) is 3.61. The average Bonchev–Trinajstić information content (AvgIpc) is 2.14. The van der Waals surface area contributed by atoms with E-state index in [1.54, 1.807) is 0 Å². The number of hydrogen-bond donors (Lipinski definition) is 0. The Labute approximate surface area is 44.8 Å². The molecule has 3 heteroatoms. The minimum Gasteiger partial charge on any atom is -0.313 e. The van der Waals surface area contributed by atoms with Gasteiger partial charge < -0.3 is 4.57 Å². The van der Waals surface area contributed by atoms with E-state index >= 15 is 0 Å². The molecule has 1 saturated heterocycles. The van der Waals surface area contributed by atoms with E-state index in [4.69, 9.17) is 0 Å². The Kier molecular flexibility index (Phi) is 1.89. The molecule has 0 radical (unpaired) electrons. The normalized spacial score (nSPS) is 25.1. The van der Waals surface area contributed by atoms with E-state index in [-0.39, 0.29) is 0 Å². The van der Waals surface area contributed by atoms with Crippen LogP contribution in [0.2, 0.25) is 0 Å². The van der Waals surface area contributed by atoms with Crippen LogP contribution in [0.3, 0.4) is 0 Å². The summed E-state index contributed by atoms with van der Waals surface area (Å²) in [5.41, 5.74) is 0. The first kappa shape index (κ1) is 5.33. The van der Waals surface area contributed by atoms with Crippen LogP contribution >= 0.6 is 8.61 Å². The summed E-state index contributed by atoms with van der Waals surface area (Å²) in [5, 5.41) is 0. The van der Waals surface area contributed by atoms with Gasteiger partial charge in [-0.15, -0.1) is 0 Å². The largest absolute Gasteiger partial charge is 0.313 e. The lowest BCUT2D eigenvalue weighted by Crippen LogP contribution is -2.03. The van der Waals surface area contributed by atoms with E-state index in [1.165, 1.54) is 12.8 Å². The predicted octanol–water partition coefficient (Wildman–Crippen LogP) is 0.753. The molecule has 0 spiro atoms. The van der Waals surface area contributed by atoms with Crippen molar-refractivity contribution in [1.82, 2.24) is 4.67 Å². The fraction of sp³-hybridized carbons (Fsp3) is 1.00. The second-order valence-electron chi connectivity index (χ2n) is 1.85. The summed E-state index contributed by atoms with van der Waals surface area (Å²) in [6.45, 7) is 2.14. The van der Waals surface area contributed by atoms with Gasteiger partial charge in [0, 0.05) is 13.1 Å². The van der Waals surface area contributed by atoms with E-state index in [0.717, 1.165) is 13.1 Å². The van der Waals surface area contributed by atoms with Crippen LogP contribution in [-0.4, -0.2) is 17.8 Å². The fourth-order valence-electron chi connectivity index (χ4n) is 0.847. The van der Waals surface area contributed by atoms with Crippen molar-refractivity contribution in [3.05, 3.63) is 0 Å². The Hall–Kier alpha value is 0.190. The van der Waals surface area contributed by atoms with Crippen molar-refractivity contribution in [1.29, 1.82) is 0 Å². The Bertz CT molecular complexity index is 70.1. The first-order chi connectivity index (χ1) is 3.43. The molecule has 0 aromatic rings. The molecule has 1 rings (SSSR count). The molecule has 1 atom stereocenters. The van der Waals surface area contributed by atoms with E-state index in [2.05, 4.69) is 0 Å². The zero-order valence-corrected chi connectivity index (χ0v) is 5.42. The molecule has 0 N–H and O–H groups in total. The highest BCUT2D eigenvalue weighted by molar-refractivity contribution is 7.20. The second-order valence-corrected chi connectivity index (χ2v) is 2.79. The Morgan fingerprint density at radius 2 is 1.86 bits per heavy atom. The molecule has 1 aliphatic heterocycles. The van der Waals surface area contributed by atoms with Gasteiger partial charge in [0.05, 0.1) is 0 Å². The standard InChI is InChI=1S/C4H10NOP/c6-7-5-3-1-2-4-5/h1-4,7H2. The highest BCUT2D eigenvalue weighted by Gasteiger charge is 2.07. The maximum absolute atomic E-state index is 10.1. The molecule has 2 nitrogen and oxygen atoms in total. The molecule has 0 saturated carbocycles. The molecule has 0 amide bonds. The van der Waals surface area contributed by atoms with Crippen LogP contribution in [0.25, 0.3) is 0 Å². The molecule has 1 fully saturated rings. The van der Waals surface area contributed by atoms with Gasteiger partial charge in [-0.2, -0.15) is 0 Å². The lowest BCUT2D eigenvalue weighted by Gasteiger charge is -2.00. The second kappa shape index (κ2) is 2.49. The maximum atomic E-state index is 10.1. The van der Waals surface area contributed by atoms with Crippen LogP contribution in [0.4, 0.5) is 0 Å². The van der Waals surface area contributed by atoms with Gasteiger partial charge in [-0.05, 0) is 12.8 Å². The van der Waals surface area contributed by atoms with E-state index in [9.17, 15) is 4.57 Å². The zero-order valence-electron chi connectivity index (χ0n) is 4.26. The van der Waals surface area contributed by atoms with Crippen LogP contribution in [0.15, 0.2) is 0 Å². The van der Waals surface area contributed by atoms with Gasteiger partial charge in [-0.25, -0.2) is 0 Å². The van der Waals surface area contributed by atoms with Crippen molar-refractivity contribution < 1.29 is 4.57 Å². The molecular formula is C4H10NOP. The van der Waals surface area contributed by atoms with Gasteiger partial charge in [0.1, 0.15) is 8.61 Å². The van der Waals surface area contributed by atoms with Gasteiger partial charge in [-0.3, -0.25) is 4.67 Å². The molecule has 0 aromatic heterocycles. The third-order valence-corrected chi connectivity index (χ3v) is 2.10. The fourth-order valence-corrected chi connectivity index (χ4v) is 1.42. The van der Waals surface area contributed by atoms with Crippen molar-refractivity contribution >= 4 is 8.61 Å². The minimum atomic E-state index is -0.616. The van der Waals surface area contributed by atoms with Crippen LogP contribution in [0, 0.1) is 0 Å². The van der Waals surface area contributed by atoms with Gasteiger partial charge in [-0.1, -0.05) is 0 Å². The number of rotatable bonds is 1. The number of hydrogen-bond acceptors (Lipinski definition) is 1. The van der Waals surface area contributed by atoms with Crippen LogP contribution in [-0.2, 0) is 4.57 Å². The topological polar surface area (TPSA) is 20.3 Å². The minimum absolute atomic E-state index is 0.616. The van der Waals surface area contributed by atoms with Crippen molar-refractivity contribution in [2.45, 2.75) is 12.8 Å². The molecule has 1 unspecified atom stereocenters. The molecule has 0 aliphatic carbocycles. The third kappa shape index (κ3) is 1.29. The van der Waals surface area contributed by atoms with E-state index in [1.807, 2.05) is 4.67 Å². The quantitative estimate of drug-likeness (QED) is 0.475. The first-order valence-electron chi connectivity index (χ1n) is 2.63. The van der Waals surface area contributed by atoms with Gasteiger partial charge in [0.2, 0.25) is 0 Å². The zero-order chi connectivity index (χ0) is 5.11. The average molecular weight is 119 g/mol. The van der Waals surface area contributed by atoms with Gasteiger partial charge in [0.15, 0.2) is 0 Å². The highest BCUT2D eigenvalue weighted by atomic mass is 31.1. The van der Waals surface area contributed by atoms with Gasteiger partial charge >= 0.3 is 0 Å². The summed E-state index contributed by atoms with van der Waals surface area (Å²) < 4.78 is 12.2. The van der Waals surface area contributed by atoms with E-state index < -0.39 is 8.61 Å². The predicted molar refractivity (Wildman–Crippen MR) is 31.2 cm³/mol. The molecular weight excluding hydrogens is 109 g/mol. The monoisotopic (exact) mass is 119 g/mol. The molecule has 7 heavy (non-hydrogen) atoms. The van der Waals surface area contributed by atoms with Crippen LogP contribution in [0.1, 0.15) is 12.8 Å². The molecule has 0 bridgehead atoms. The van der Waals surface area contributed by atoms with Crippen molar-refractivity contribution in [3.8, 4) is 0 Å². The van der Waals surface area contributed by atoms with Crippen molar-refractivity contribution in [3.63, 3.8) is 0 Å². The van der Waals surface area contributed by atoms with Gasteiger partial charge in [0.25, 0.3) is 0 Å². The summed E-state index contributed by atoms with van der Waals surface area (Å²) in [4.78, 5) is 0. The third-order valence-electron chi connectivity index (χ3n) is 1.29. The SMILES string of the molecule is O=[PH2]N1CCCC1. The van der Waals surface area contributed by atoms with Crippen molar-refractivity contribution in [2.75, 3.05) is 13.1 Å². The smallest absolute Gasteiger partial charge is 0.127 e. The molecule has 1 heterocycles. The summed E-state index contributed by atoms with van der Waals surface area (Å²) in [6.07, 6.45) is 2.49. The summed E-state index contributed by atoms with van der Waals surface area (Å²) in [5.74, 6) is 0. The lowest BCUT2D eigenvalue weighted by molar-refractivity contribution is 0.511. The van der Waals surface area contributed by atoms with E-state index in [0.29, 0.717) is 0 Å². The Morgan fingerprint density at radius 3 is 2.14 bits per heavy atom. The lowest BCUT2D eigenvalue weighted by atomic mass is 10.4. The van der Waals surface area contributed by atoms with Crippen LogP contribution in [0.5, 0.6) is 0 Å². The Balaban J connectivity index is 2.26. The highest BCUT2D eigenvalue weighted by Crippen LogP contribution is 2.14. The number of nitrogens with zero attached hydrogens (tertiary/aromatic N) is 1. The van der Waals surface area contributed by atoms with Crippen LogP contribution < -0.4 is 0 Å². The summed E-state index contributed by atoms with van der Waals surface area (Å²) in [7, 11) is -0.616. The molecule has 1 aliphatic rings. The summed E-state index contributed by atoms with van der Waals surface area (Å²) >= 11 is 0. The summed E-state index contributed by atoms with van der Waals surface area (Å²) in [6, 6.07) is 0. The maximum Gasteiger partial charge on any atom is 0.127 e. The van der Waals surface area contributed by atoms with Crippen molar-refractivity contribution in [2.24, 2.45) is 0 Å². The molecule has 42 valence electrons.